The van der Waals surface area contributed by atoms with Crippen LogP contribution in [0.5, 0.6) is 0 Å². The molecule has 0 unspecified atom stereocenters. The lowest BCUT2D eigenvalue weighted by Crippen LogP contribution is -2.14. The van der Waals surface area contributed by atoms with Gasteiger partial charge in [0.1, 0.15) is 16.9 Å². The van der Waals surface area contributed by atoms with E-state index in [9.17, 15) is 18.0 Å². The Labute approximate surface area is 157 Å². The van der Waals surface area contributed by atoms with Gasteiger partial charge in [0.15, 0.2) is 5.78 Å². The van der Waals surface area contributed by atoms with Gasteiger partial charge in [-0.25, -0.2) is 4.98 Å². The molecular formula is C20H15F3N4O. The average Bonchev–Trinajstić information content (AvgIpc) is 3.25. The lowest BCUT2D eigenvalue weighted by atomic mass is 10.0. The number of aromatic nitrogens is 4. The van der Waals surface area contributed by atoms with Crippen molar-refractivity contribution >= 4 is 16.8 Å². The molecule has 28 heavy (non-hydrogen) atoms. The Hall–Kier alpha value is -3.42. The van der Waals surface area contributed by atoms with Gasteiger partial charge in [-0.1, -0.05) is 30.3 Å². The largest absolute Gasteiger partial charge is 0.420 e. The molecule has 8 heteroatoms. The van der Waals surface area contributed by atoms with Crippen LogP contribution in [0, 0.1) is 6.92 Å². The Morgan fingerprint density at radius 2 is 1.89 bits per heavy atom. The summed E-state index contributed by atoms with van der Waals surface area (Å²) in [5.74, 6) is -0.711. The molecule has 0 aliphatic carbocycles. The number of ketones is 1. The second kappa shape index (κ2) is 6.63. The van der Waals surface area contributed by atoms with Gasteiger partial charge < -0.3 is 4.98 Å². The minimum Gasteiger partial charge on any atom is -0.339 e. The topological polar surface area (TPSA) is 74.4 Å². The minimum absolute atomic E-state index is 0.178. The zero-order chi connectivity index (χ0) is 19.9. The number of H-pyrrole nitrogens is 2. The molecule has 0 amide bonds. The molecule has 1 aromatic carbocycles. The van der Waals surface area contributed by atoms with Crippen LogP contribution in [-0.2, 0) is 12.6 Å². The molecule has 3 heterocycles. The van der Waals surface area contributed by atoms with Crippen LogP contribution in [0.25, 0.3) is 22.3 Å². The highest BCUT2D eigenvalue weighted by Gasteiger charge is 2.39. The minimum atomic E-state index is -4.64. The molecule has 0 aliphatic rings. The van der Waals surface area contributed by atoms with Gasteiger partial charge >= 0.3 is 6.18 Å². The molecular weight excluding hydrogens is 369 g/mol. The monoisotopic (exact) mass is 384 g/mol. The van der Waals surface area contributed by atoms with E-state index in [1.165, 1.54) is 13.1 Å². The van der Waals surface area contributed by atoms with Gasteiger partial charge in [-0.2, -0.15) is 18.3 Å². The summed E-state index contributed by atoms with van der Waals surface area (Å²) in [7, 11) is 0. The van der Waals surface area contributed by atoms with Crippen LogP contribution in [0.15, 0.2) is 48.7 Å². The second-order valence-corrected chi connectivity index (χ2v) is 6.50. The predicted octanol–water partition coefficient (Wildman–Crippen LogP) is 4.71. The van der Waals surface area contributed by atoms with Gasteiger partial charge in [0.2, 0.25) is 0 Å². The molecule has 2 N–H and O–H groups in total. The molecule has 0 bridgehead atoms. The van der Waals surface area contributed by atoms with Crippen LogP contribution in [0.2, 0.25) is 0 Å². The number of fused-ring (bicyclic) bond motifs is 1. The van der Waals surface area contributed by atoms with Crippen molar-refractivity contribution < 1.29 is 18.0 Å². The number of halogens is 3. The van der Waals surface area contributed by atoms with Gasteiger partial charge in [0.25, 0.3) is 0 Å². The van der Waals surface area contributed by atoms with E-state index >= 15 is 0 Å². The molecule has 0 aliphatic heterocycles. The van der Waals surface area contributed by atoms with E-state index in [2.05, 4.69) is 20.2 Å². The standard InChI is InChI=1S/C20H15F3N4O/c1-11-17(20(21,22)23)18(27-26-11)16(28)8-12-7-14-9-15(25-19(14)24-10-12)13-5-3-2-4-6-13/h2-7,9-10H,8H2,1H3,(H,24,25)(H,26,27). The van der Waals surface area contributed by atoms with Crippen molar-refractivity contribution in [3.63, 3.8) is 0 Å². The van der Waals surface area contributed by atoms with E-state index in [4.69, 9.17) is 0 Å². The highest BCUT2D eigenvalue weighted by Crippen LogP contribution is 2.34. The van der Waals surface area contributed by atoms with Crippen LogP contribution in [-0.4, -0.2) is 25.9 Å². The molecule has 0 atom stereocenters. The quantitative estimate of drug-likeness (QED) is 0.501. The summed E-state index contributed by atoms with van der Waals surface area (Å²) in [5, 5.41) is 6.59. The number of benzene rings is 1. The molecule has 3 aromatic heterocycles. The Morgan fingerprint density at radius 3 is 2.61 bits per heavy atom. The summed E-state index contributed by atoms with van der Waals surface area (Å²) in [5.41, 5.74) is 1.23. The van der Waals surface area contributed by atoms with Gasteiger partial charge in [0.05, 0.1) is 0 Å². The number of aryl methyl sites for hydroxylation is 1. The summed E-state index contributed by atoms with van der Waals surface area (Å²) in [6, 6.07) is 13.3. The first kappa shape index (κ1) is 18.0. The number of alkyl halides is 3. The predicted molar refractivity (Wildman–Crippen MR) is 97.9 cm³/mol. The van der Waals surface area contributed by atoms with Crippen molar-refractivity contribution in [2.75, 3.05) is 0 Å². The molecule has 0 saturated heterocycles. The summed E-state index contributed by atoms with van der Waals surface area (Å²) in [6.45, 7) is 1.24. The number of carbonyl (C=O) groups is 1. The lowest BCUT2D eigenvalue weighted by molar-refractivity contribution is -0.138. The molecule has 0 spiro atoms. The van der Waals surface area contributed by atoms with Crippen LogP contribution in [0.4, 0.5) is 13.2 Å². The summed E-state index contributed by atoms with van der Waals surface area (Å²) >= 11 is 0. The van der Waals surface area contributed by atoms with Gasteiger partial charge in [-0.15, -0.1) is 0 Å². The molecule has 4 aromatic rings. The number of aromatic amines is 2. The van der Waals surface area contributed by atoms with Gasteiger partial charge in [-0.3, -0.25) is 9.89 Å². The van der Waals surface area contributed by atoms with Crippen molar-refractivity contribution in [1.29, 1.82) is 0 Å². The Bertz CT molecular complexity index is 1160. The average molecular weight is 384 g/mol. The van der Waals surface area contributed by atoms with Gasteiger partial charge in [-0.05, 0) is 30.2 Å². The van der Waals surface area contributed by atoms with Crippen molar-refractivity contribution in [2.24, 2.45) is 0 Å². The number of hydrogen-bond donors (Lipinski definition) is 2. The number of hydrogen-bond acceptors (Lipinski definition) is 3. The third kappa shape index (κ3) is 3.28. The van der Waals surface area contributed by atoms with E-state index in [0.29, 0.717) is 11.2 Å². The Kier molecular flexibility index (Phi) is 4.26. The summed E-state index contributed by atoms with van der Waals surface area (Å²) < 4.78 is 39.6. The highest BCUT2D eigenvalue weighted by molar-refractivity contribution is 5.98. The van der Waals surface area contributed by atoms with Crippen LogP contribution >= 0.6 is 0 Å². The number of Topliss-reactive ketones (excluding diaryl/α,β-unsaturated/α-hetero) is 1. The normalized spacial score (nSPS) is 11.9. The van der Waals surface area contributed by atoms with Crippen LogP contribution in [0.3, 0.4) is 0 Å². The number of rotatable bonds is 4. The zero-order valence-corrected chi connectivity index (χ0v) is 14.8. The first-order valence-corrected chi connectivity index (χ1v) is 8.51. The fraction of sp³-hybridized carbons (Fsp3) is 0.150. The second-order valence-electron chi connectivity index (χ2n) is 6.50. The highest BCUT2D eigenvalue weighted by atomic mass is 19.4. The van der Waals surface area contributed by atoms with Crippen molar-refractivity contribution in [3.05, 3.63) is 71.2 Å². The van der Waals surface area contributed by atoms with Crippen molar-refractivity contribution in [2.45, 2.75) is 19.5 Å². The van der Waals surface area contributed by atoms with E-state index in [0.717, 1.165) is 16.6 Å². The maximum atomic E-state index is 13.2. The first-order valence-electron chi connectivity index (χ1n) is 8.51. The number of nitrogens with zero attached hydrogens (tertiary/aromatic N) is 2. The van der Waals surface area contributed by atoms with E-state index in [1.807, 2.05) is 36.4 Å². The van der Waals surface area contributed by atoms with Crippen LogP contribution < -0.4 is 0 Å². The third-order valence-corrected chi connectivity index (χ3v) is 4.47. The number of carbonyl (C=O) groups excluding carboxylic acids is 1. The smallest absolute Gasteiger partial charge is 0.339 e. The van der Waals surface area contributed by atoms with Crippen LogP contribution in [0.1, 0.15) is 27.3 Å². The first-order chi connectivity index (χ1) is 13.3. The molecule has 0 radical (unpaired) electrons. The lowest BCUT2D eigenvalue weighted by Gasteiger charge is -2.07. The van der Waals surface area contributed by atoms with Crippen molar-refractivity contribution in [1.82, 2.24) is 20.2 Å². The maximum Gasteiger partial charge on any atom is 0.420 e. The summed E-state index contributed by atoms with van der Waals surface area (Å²) in [6.07, 6.45) is -3.38. The molecule has 0 fully saturated rings. The third-order valence-electron chi connectivity index (χ3n) is 4.47. The number of nitrogens with one attached hydrogen (secondary N) is 2. The van der Waals surface area contributed by atoms with Crippen molar-refractivity contribution in [3.8, 4) is 11.3 Å². The Morgan fingerprint density at radius 1 is 1.14 bits per heavy atom. The van der Waals surface area contributed by atoms with E-state index in [1.54, 1.807) is 6.07 Å². The van der Waals surface area contributed by atoms with E-state index < -0.39 is 23.2 Å². The molecule has 142 valence electrons. The zero-order valence-electron chi connectivity index (χ0n) is 14.8. The Balaban J connectivity index is 1.63. The maximum absolute atomic E-state index is 13.2. The van der Waals surface area contributed by atoms with Gasteiger partial charge in [0, 0.05) is 29.4 Å². The SMILES string of the molecule is Cc1[nH]nc(C(=O)Cc2cnc3[nH]c(-c4ccccc4)cc3c2)c1C(F)(F)F. The molecule has 5 nitrogen and oxygen atoms in total. The fourth-order valence-electron chi connectivity index (χ4n) is 3.18. The molecule has 0 saturated carbocycles. The van der Waals surface area contributed by atoms with E-state index in [-0.39, 0.29) is 12.1 Å². The summed E-state index contributed by atoms with van der Waals surface area (Å²) in [4.78, 5) is 19.9. The fourth-order valence-corrected chi connectivity index (χ4v) is 3.18. The molecule has 4 rings (SSSR count). The number of pyridine rings is 1.